The number of pyridine rings is 1. The Kier molecular flexibility index (Phi) is 4.61. The Hall–Kier alpha value is -1.32. The third-order valence-electron chi connectivity index (χ3n) is 4.31. The zero-order chi connectivity index (χ0) is 14.7. The number of rotatable bonds is 5. The summed E-state index contributed by atoms with van der Waals surface area (Å²) < 4.78 is 0. The van der Waals surface area contributed by atoms with E-state index in [0.29, 0.717) is 12.0 Å². The van der Waals surface area contributed by atoms with E-state index in [1.165, 1.54) is 34.6 Å². The normalized spacial score (nSPS) is 18.5. The molecule has 21 heavy (non-hydrogen) atoms. The number of likely N-dealkylation sites (N-methyl/N-ethyl adjacent to an activating group) is 1. The van der Waals surface area contributed by atoms with Crippen LogP contribution in [-0.4, -0.2) is 23.8 Å². The zero-order valence-corrected chi connectivity index (χ0v) is 13.5. The summed E-state index contributed by atoms with van der Waals surface area (Å²) in [6, 6.07) is 13.6. The van der Waals surface area contributed by atoms with Crippen LogP contribution < -0.4 is 5.32 Å². The molecule has 0 amide bonds. The minimum Gasteiger partial charge on any atom is -0.315 e. The molecule has 0 saturated carbocycles. The molecule has 2 aromatic rings. The van der Waals surface area contributed by atoms with E-state index in [1.807, 2.05) is 18.0 Å². The summed E-state index contributed by atoms with van der Waals surface area (Å²) in [5.41, 5.74) is 4.06. The molecule has 1 aromatic carbocycles. The van der Waals surface area contributed by atoms with Gasteiger partial charge in [-0.2, -0.15) is 0 Å². The quantitative estimate of drug-likeness (QED) is 0.850. The van der Waals surface area contributed by atoms with Gasteiger partial charge in [0.25, 0.3) is 0 Å². The lowest BCUT2D eigenvalue weighted by atomic mass is 9.98. The molecule has 2 atom stereocenters. The van der Waals surface area contributed by atoms with Crippen molar-refractivity contribution in [2.75, 3.05) is 12.8 Å². The molecule has 1 aliphatic carbocycles. The fourth-order valence-corrected chi connectivity index (χ4v) is 4.16. The number of fused-ring (bicyclic) bond motifs is 1. The number of benzene rings is 1. The van der Waals surface area contributed by atoms with Crippen molar-refractivity contribution in [1.82, 2.24) is 10.3 Å². The highest BCUT2D eigenvalue weighted by Gasteiger charge is 2.29. The van der Waals surface area contributed by atoms with Crippen LogP contribution in [0.1, 0.15) is 29.2 Å². The molecule has 1 heterocycles. The number of nitrogens with one attached hydrogen (secondary N) is 1. The smallest absolute Gasteiger partial charge is 0.0482 e. The predicted molar refractivity (Wildman–Crippen MR) is 90.0 cm³/mol. The van der Waals surface area contributed by atoms with E-state index in [0.717, 1.165) is 5.75 Å². The third kappa shape index (κ3) is 3.30. The molecular weight excluding hydrogens is 276 g/mol. The first kappa shape index (κ1) is 14.6. The molecule has 3 rings (SSSR count). The maximum atomic E-state index is 4.63. The first-order chi connectivity index (χ1) is 10.3. The van der Waals surface area contributed by atoms with Crippen LogP contribution in [0.4, 0.5) is 0 Å². The molecule has 1 aliphatic rings. The van der Waals surface area contributed by atoms with Crippen molar-refractivity contribution >= 4 is 11.8 Å². The maximum absolute atomic E-state index is 4.63. The lowest BCUT2D eigenvalue weighted by Gasteiger charge is -2.23. The fourth-order valence-electron chi connectivity index (χ4n) is 3.06. The van der Waals surface area contributed by atoms with E-state index in [4.69, 9.17) is 0 Å². The van der Waals surface area contributed by atoms with Gasteiger partial charge < -0.3 is 5.32 Å². The molecule has 0 spiro atoms. The van der Waals surface area contributed by atoms with Gasteiger partial charge in [-0.15, -0.1) is 11.8 Å². The van der Waals surface area contributed by atoms with E-state index in [2.05, 4.69) is 60.7 Å². The monoisotopic (exact) mass is 298 g/mol. The van der Waals surface area contributed by atoms with Crippen molar-refractivity contribution in [3.63, 3.8) is 0 Å². The number of aryl methyl sites for hydroxylation is 2. The van der Waals surface area contributed by atoms with E-state index < -0.39 is 0 Å². The van der Waals surface area contributed by atoms with Crippen LogP contribution in [0.5, 0.6) is 0 Å². The highest BCUT2D eigenvalue weighted by atomic mass is 32.2. The Bertz CT molecular complexity index is 594. The van der Waals surface area contributed by atoms with Crippen molar-refractivity contribution in [3.8, 4) is 0 Å². The summed E-state index contributed by atoms with van der Waals surface area (Å²) >= 11 is 1.93. The Morgan fingerprint density at radius 2 is 2.10 bits per heavy atom. The second-order valence-corrected chi connectivity index (χ2v) is 6.81. The van der Waals surface area contributed by atoms with Crippen LogP contribution in [0.3, 0.4) is 0 Å². The summed E-state index contributed by atoms with van der Waals surface area (Å²) in [5, 5.41) is 3.51. The average molecular weight is 298 g/mol. The zero-order valence-electron chi connectivity index (χ0n) is 12.7. The van der Waals surface area contributed by atoms with Gasteiger partial charge in [0.2, 0.25) is 0 Å². The first-order valence-corrected chi connectivity index (χ1v) is 8.57. The SMILES string of the molecule is CNC(CSc1ccc(C)cc1)C1CCc2cccnc21. The number of thioether (sulfide) groups is 1. The van der Waals surface area contributed by atoms with E-state index >= 15 is 0 Å². The van der Waals surface area contributed by atoms with E-state index in [-0.39, 0.29) is 0 Å². The van der Waals surface area contributed by atoms with E-state index in [1.54, 1.807) is 0 Å². The Labute approximate surface area is 131 Å². The van der Waals surface area contributed by atoms with Gasteiger partial charge >= 0.3 is 0 Å². The van der Waals surface area contributed by atoms with Gasteiger partial charge in [0, 0.05) is 34.5 Å². The topological polar surface area (TPSA) is 24.9 Å². The van der Waals surface area contributed by atoms with Gasteiger partial charge in [-0.25, -0.2) is 0 Å². The van der Waals surface area contributed by atoms with Gasteiger partial charge in [-0.3, -0.25) is 4.98 Å². The Balaban J connectivity index is 1.67. The van der Waals surface area contributed by atoms with Crippen LogP contribution in [0.25, 0.3) is 0 Å². The third-order valence-corrected chi connectivity index (χ3v) is 5.44. The molecule has 0 saturated heterocycles. The molecule has 2 unspecified atom stereocenters. The lowest BCUT2D eigenvalue weighted by molar-refractivity contribution is 0.491. The predicted octanol–water partition coefficient (Wildman–Crippen LogP) is 3.80. The molecule has 0 radical (unpaired) electrons. The Morgan fingerprint density at radius 1 is 1.29 bits per heavy atom. The lowest BCUT2D eigenvalue weighted by Crippen LogP contribution is -2.33. The van der Waals surface area contributed by atoms with Crippen molar-refractivity contribution in [2.45, 2.75) is 36.6 Å². The largest absolute Gasteiger partial charge is 0.315 e. The van der Waals surface area contributed by atoms with Crippen molar-refractivity contribution in [1.29, 1.82) is 0 Å². The van der Waals surface area contributed by atoms with Crippen LogP contribution in [0, 0.1) is 6.92 Å². The van der Waals surface area contributed by atoms with Gasteiger partial charge in [0.05, 0.1) is 0 Å². The molecule has 1 N–H and O–H groups in total. The first-order valence-electron chi connectivity index (χ1n) is 7.58. The number of hydrogen-bond acceptors (Lipinski definition) is 3. The second kappa shape index (κ2) is 6.63. The molecule has 0 aliphatic heterocycles. The molecule has 0 fully saturated rings. The second-order valence-electron chi connectivity index (χ2n) is 5.71. The molecule has 3 heteroatoms. The van der Waals surface area contributed by atoms with Crippen LogP contribution in [-0.2, 0) is 6.42 Å². The molecule has 2 nitrogen and oxygen atoms in total. The highest BCUT2D eigenvalue weighted by Crippen LogP contribution is 2.35. The van der Waals surface area contributed by atoms with Crippen molar-refractivity contribution in [3.05, 3.63) is 59.4 Å². The van der Waals surface area contributed by atoms with Gasteiger partial charge in [-0.05, 0) is 50.6 Å². The summed E-state index contributed by atoms with van der Waals surface area (Å²) in [4.78, 5) is 5.97. The Morgan fingerprint density at radius 3 is 2.86 bits per heavy atom. The molecule has 110 valence electrons. The number of nitrogens with zero attached hydrogens (tertiary/aromatic N) is 1. The van der Waals surface area contributed by atoms with Crippen LogP contribution in [0.15, 0.2) is 47.5 Å². The van der Waals surface area contributed by atoms with Crippen LogP contribution in [0.2, 0.25) is 0 Å². The van der Waals surface area contributed by atoms with Gasteiger partial charge in [0.15, 0.2) is 0 Å². The van der Waals surface area contributed by atoms with Crippen molar-refractivity contribution < 1.29 is 0 Å². The molecule has 1 aromatic heterocycles. The van der Waals surface area contributed by atoms with Gasteiger partial charge in [0.1, 0.15) is 0 Å². The highest BCUT2D eigenvalue weighted by molar-refractivity contribution is 7.99. The minimum absolute atomic E-state index is 0.479. The summed E-state index contributed by atoms with van der Waals surface area (Å²) in [5.74, 6) is 1.63. The maximum Gasteiger partial charge on any atom is 0.0482 e. The molecular formula is C18H22N2S. The fraction of sp³-hybridized carbons (Fsp3) is 0.389. The minimum atomic E-state index is 0.479. The summed E-state index contributed by atoms with van der Waals surface area (Å²) in [7, 11) is 2.07. The average Bonchev–Trinajstić information content (AvgIpc) is 2.94. The van der Waals surface area contributed by atoms with Gasteiger partial charge in [-0.1, -0.05) is 23.8 Å². The summed E-state index contributed by atoms with van der Waals surface area (Å²) in [6.07, 6.45) is 4.31. The standard InChI is InChI=1S/C18H22N2S/c1-13-5-8-15(9-6-13)21-12-17(19-2)16-10-7-14-4-3-11-20-18(14)16/h3-6,8-9,11,16-17,19H,7,10,12H2,1-2H3. The van der Waals surface area contributed by atoms with E-state index in [9.17, 15) is 0 Å². The number of aromatic nitrogens is 1. The van der Waals surface area contributed by atoms with Crippen LogP contribution >= 0.6 is 11.8 Å². The van der Waals surface area contributed by atoms with Crippen molar-refractivity contribution in [2.24, 2.45) is 0 Å². The number of hydrogen-bond donors (Lipinski definition) is 1. The summed E-state index contributed by atoms with van der Waals surface area (Å²) in [6.45, 7) is 2.13. The molecule has 0 bridgehead atoms.